The molecule has 0 spiro atoms. The van der Waals surface area contributed by atoms with Gasteiger partial charge in [-0.2, -0.15) is 15.4 Å². The number of carbonyl (C=O) groups is 1. The maximum absolute atomic E-state index is 12.5. The zero-order valence-electron chi connectivity index (χ0n) is 12.1. The van der Waals surface area contributed by atoms with E-state index in [1.165, 1.54) is 6.20 Å². The third kappa shape index (κ3) is 2.33. The molecule has 21 heavy (non-hydrogen) atoms. The lowest BCUT2D eigenvalue weighted by molar-refractivity contribution is 0.0373. The number of carbonyl (C=O) groups excluding carboxylic acids is 1. The Kier molecular flexibility index (Phi) is 3.29. The van der Waals surface area contributed by atoms with Gasteiger partial charge in [0, 0.05) is 19.4 Å². The molecule has 7 nitrogen and oxygen atoms in total. The third-order valence-corrected chi connectivity index (χ3v) is 3.98. The average Bonchev–Trinajstić information content (AvgIpc) is 3.17. The highest BCUT2D eigenvalue weighted by atomic mass is 16.4. The van der Waals surface area contributed by atoms with Gasteiger partial charge in [0.25, 0.3) is 5.91 Å². The lowest BCUT2D eigenvalue weighted by atomic mass is 10.0. The van der Waals surface area contributed by atoms with Crippen LogP contribution in [0.15, 0.2) is 16.7 Å². The van der Waals surface area contributed by atoms with E-state index in [4.69, 9.17) is 4.42 Å². The standard InChI is InChI=1S/C14H18N4O3/c1-3-10-9(2)6-11(21-10)13(19)18-5-4-14(20,8-18)12-7-15-17-16-12/h6-7,20H,3-5,8H2,1-2H3,(H,15,16,17). The Hall–Kier alpha value is -2.15. The minimum Gasteiger partial charge on any atom is -0.456 e. The van der Waals surface area contributed by atoms with Crippen LogP contribution in [0.2, 0.25) is 0 Å². The van der Waals surface area contributed by atoms with Crippen LogP contribution in [0.1, 0.15) is 40.9 Å². The number of aromatic nitrogens is 3. The smallest absolute Gasteiger partial charge is 0.289 e. The normalized spacial score (nSPS) is 22.0. The van der Waals surface area contributed by atoms with Crippen molar-refractivity contribution in [2.24, 2.45) is 0 Å². The molecule has 1 amide bonds. The van der Waals surface area contributed by atoms with Crippen LogP contribution in [-0.4, -0.2) is 44.4 Å². The van der Waals surface area contributed by atoms with Crippen LogP contribution >= 0.6 is 0 Å². The summed E-state index contributed by atoms with van der Waals surface area (Å²) >= 11 is 0. The van der Waals surface area contributed by atoms with Gasteiger partial charge in [0.1, 0.15) is 17.1 Å². The summed E-state index contributed by atoms with van der Waals surface area (Å²) in [5.41, 5.74) is 0.298. The van der Waals surface area contributed by atoms with Crippen molar-refractivity contribution in [3.8, 4) is 0 Å². The number of hydrogen-bond acceptors (Lipinski definition) is 5. The molecule has 0 radical (unpaired) electrons. The molecular formula is C14H18N4O3. The summed E-state index contributed by atoms with van der Waals surface area (Å²) in [6, 6.07) is 1.76. The van der Waals surface area contributed by atoms with Gasteiger partial charge in [-0.1, -0.05) is 6.92 Å². The lowest BCUT2D eigenvalue weighted by Gasteiger charge is -2.20. The molecule has 3 rings (SSSR count). The Bertz CT molecular complexity index is 649. The quantitative estimate of drug-likeness (QED) is 0.879. The van der Waals surface area contributed by atoms with Crippen molar-refractivity contribution < 1.29 is 14.3 Å². The number of hydrogen-bond donors (Lipinski definition) is 2. The van der Waals surface area contributed by atoms with E-state index in [2.05, 4.69) is 15.4 Å². The Morgan fingerprint density at radius 1 is 1.62 bits per heavy atom. The Morgan fingerprint density at radius 2 is 2.43 bits per heavy atom. The molecule has 3 heterocycles. The number of nitrogens with zero attached hydrogens (tertiary/aromatic N) is 3. The zero-order chi connectivity index (χ0) is 15.0. The van der Waals surface area contributed by atoms with Gasteiger partial charge in [-0.3, -0.25) is 4.79 Å². The predicted octanol–water partition coefficient (Wildman–Crippen LogP) is 1.00. The van der Waals surface area contributed by atoms with E-state index < -0.39 is 5.60 Å². The highest BCUT2D eigenvalue weighted by molar-refractivity contribution is 5.92. The number of nitrogens with one attached hydrogen (secondary N) is 1. The van der Waals surface area contributed by atoms with Crippen molar-refractivity contribution in [1.29, 1.82) is 0 Å². The van der Waals surface area contributed by atoms with Gasteiger partial charge in [-0.05, 0) is 18.6 Å². The number of aromatic amines is 1. The maximum Gasteiger partial charge on any atom is 0.289 e. The summed E-state index contributed by atoms with van der Waals surface area (Å²) < 4.78 is 5.59. The van der Waals surface area contributed by atoms with Crippen molar-refractivity contribution in [2.45, 2.75) is 32.3 Å². The van der Waals surface area contributed by atoms with Crippen molar-refractivity contribution in [3.63, 3.8) is 0 Å². The fourth-order valence-electron chi connectivity index (χ4n) is 2.73. The predicted molar refractivity (Wildman–Crippen MR) is 73.6 cm³/mol. The largest absolute Gasteiger partial charge is 0.456 e. The second-order valence-electron chi connectivity index (χ2n) is 5.43. The van der Waals surface area contributed by atoms with E-state index in [-0.39, 0.29) is 12.5 Å². The summed E-state index contributed by atoms with van der Waals surface area (Å²) in [4.78, 5) is 14.1. The Labute approximate surface area is 121 Å². The molecule has 1 fully saturated rings. The number of rotatable bonds is 3. The van der Waals surface area contributed by atoms with Crippen LogP contribution in [0.25, 0.3) is 0 Å². The van der Waals surface area contributed by atoms with Crippen LogP contribution in [0.3, 0.4) is 0 Å². The highest BCUT2D eigenvalue weighted by Crippen LogP contribution is 2.31. The van der Waals surface area contributed by atoms with Gasteiger partial charge in [0.2, 0.25) is 0 Å². The fourth-order valence-corrected chi connectivity index (χ4v) is 2.73. The van der Waals surface area contributed by atoms with Gasteiger partial charge in [-0.15, -0.1) is 0 Å². The van der Waals surface area contributed by atoms with Crippen LogP contribution in [0, 0.1) is 6.92 Å². The van der Waals surface area contributed by atoms with Crippen molar-refractivity contribution in [2.75, 3.05) is 13.1 Å². The Morgan fingerprint density at radius 3 is 3.05 bits per heavy atom. The Balaban J connectivity index is 1.78. The minimum absolute atomic E-state index is 0.194. The molecule has 7 heteroatoms. The molecule has 0 aromatic carbocycles. The van der Waals surface area contributed by atoms with E-state index in [1.807, 2.05) is 13.8 Å². The monoisotopic (exact) mass is 290 g/mol. The molecule has 1 unspecified atom stereocenters. The molecule has 2 aromatic rings. The van der Waals surface area contributed by atoms with Crippen molar-refractivity contribution >= 4 is 5.91 Å². The maximum atomic E-state index is 12.5. The summed E-state index contributed by atoms with van der Waals surface area (Å²) in [5.74, 6) is 0.954. The molecule has 1 aliphatic rings. The second kappa shape index (κ2) is 5.00. The first-order valence-electron chi connectivity index (χ1n) is 7.00. The average molecular weight is 290 g/mol. The first kappa shape index (κ1) is 13.8. The van der Waals surface area contributed by atoms with Crippen LogP contribution in [0.5, 0.6) is 0 Å². The highest BCUT2D eigenvalue weighted by Gasteiger charge is 2.42. The van der Waals surface area contributed by atoms with Crippen molar-refractivity contribution in [3.05, 3.63) is 35.0 Å². The van der Waals surface area contributed by atoms with E-state index in [0.29, 0.717) is 24.4 Å². The SMILES string of the molecule is CCc1oc(C(=O)N2CCC(O)(c3cn[nH]n3)C2)cc1C. The van der Waals surface area contributed by atoms with Crippen LogP contribution < -0.4 is 0 Å². The molecule has 0 bridgehead atoms. The number of aryl methyl sites for hydroxylation is 2. The van der Waals surface area contributed by atoms with Gasteiger partial charge in [0.15, 0.2) is 5.76 Å². The molecule has 112 valence electrons. The van der Waals surface area contributed by atoms with Gasteiger partial charge < -0.3 is 14.4 Å². The van der Waals surface area contributed by atoms with E-state index in [1.54, 1.807) is 11.0 Å². The van der Waals surface area contributed by atoms with Crippen LogP contribution in [-0.2, 0) is 12.0 Å². The molecule has 1 aliphatic heterocycles. The molecular weight excluding hydrogens is 272 g/mol. The first-order valence-corrected chi connectivity index (χ1v) is 7.00. The number of β-amino-alcohol motifs (C(OH)–C–C–N with tert-alkyl or cyclic N) is 1. The molecule has 0 aliphatic carbocycles. The van der Waals surface area contributed by atoms with E-state index in [0.717, 1.165) is 17.7 Å². The second-order valence-corrected chi connectivity index (χ2v) is 5.43. The fraction of sp³-hybridized carbons (Fsp3) is 0.500. The number of furan rings is 1. The third-order valence-electron chi connectivity index (χ3n) is 3.98. The number of aliphatic hydroxyl groups is 1. The molecule has 1 saturated heterocycles. The summed E-state index contributed by atoms with van der Waals surface area (Å²) in [7, 11) is 0. The van der Waals surface area contributed by atoms with E-state index >= 15 is 0 Å². The number of amides is 1. The van der Waals surface area contributed by atoms with Crippen LogP contribution in [0.4, 0.5) is 0 Å². The summed E-state index contributed by atoms with van der Waals surface area (Å²) in [6.07, 6.45) is 2.67. The van der Waals surface area contributed by atoms with Gasteiger partial charge in [0.05, 0.1) is 12.7 Å². The lowest BCUT2D eigenvalue weighted by Crippen LogP contribution is -2.34. The van der Waals surface area contributed by atoms with Gasteiger partial charge >= 0.3 is 0 Å². The molecule has 1 atom stereocenters. The molecule has 2 N–H and O–H groups in total. The minimum atomic E-state index is -1.14. The molecule has 0 saturated carbocycles. The molecule has 2 aromatic heterocycles. The topological polar surface area (TPSA) is 95.3 Å². The number of likely N-dealkylation sites (tertiary alicyclic amines) is 1. The van der Waals surface area contributed by atoms with E-state index in [9.17, 15) is 9.90 Å². The number of H-pyrrole nitrogens is 1. The summed E-state index contributed by atoms with van der Waals surface area (Å²) in [5, 5.41) is 20.7. The zero-order valence-corrected chi connectivity index (χ0v) is 12.1. The summed E-state index contributed by atoms with van der Waals surface area (Å²) in [6.45, 7) is 4.57. The van der Waals surface area contributed by atoms with Gasteiger partial charge in [-0.25, -0.2) is 0 Å². The van der Waals surface area contributed by atoms with Crippen molar-refractivity contribution in [1.82, 2.24) is 20.3 Å². The first-order chi connectivity index (χ1) is 10.0.